The van der Waals surface area contributed by atoms with E-state index in [0.717, 1.165) is 19.3 Å². The molecule has 0 aliphatic heterocycles. The van der Waals surface area contributed by atoms with Crippen LogP contribution in [0.1, 0.15) is 36.8 Å². The zero-order chi connectivity index (χ0) is 13.1. The van der Waals surface area contributed by atoms with Crippen LogP contribution in [0, 0.1) is 6.92 Å². The number of aliphatic hydroxyl groups is 1. The quantitative estimate of drug-likeness (QED) is 0.862. The molecule has 1 aromatic carbocycles. The second kappa shape index (κ2) is 5.72. The van der Waals surface area contributed by atoms with Crippen molar-refractivity contribution in [1.82, 2.24) is 0 Å². The van der Waals surface area contributed by atoms with Gasteiger partial charge in [-0.25, -0.2) is 0 Å². The second-order valence-corrected chi connectivity index (χ2v) is 5.34. The van der Waals surface area contributed by atoms with E-state index in [1.54, 1.807) is 0 Å². The van der Waals surface area contributed by atoms with Crippen molar-refractivity contribution in [1.29, 1.82) is 0 Å². The monoisotopic (exact) mass is 248 g/mol. The van der Waals surface area contributed by atoms with Crippen LogP contribution in [0.15, 0.2) is 18.2 Å². The lowest BCUT2D eigenvalue weighted by molar-refractivity contribution is 0.106. The highest BCUT2D eigenvalue weighted by Crippen LogP contribution is 2.27. The van der Waals surface area contributed by atoms with Gasteiger partial charge in [0.25, 0.3) is 0 Å². The molecule has 1 saturated carbocycles. The van der Waals surface area contributed by atoms with E-state index in [2.05, 4.69) is 37.1 Å². The third-order valence-corrected chi connectivity index (χ3v) is 4.14. The summed E-state index contributed by atoms with van der Waals surface area (Å²) in [6.07, 6.45) is 4.17. The number of benzene rings is 1. The lowest BCUT2D eigenvalue weighted by Crippen LogP contribution is -2.43. The van der Waals surface area contributed by atoms with E-state index in [9.17, 15) is 5.11 Å². The lowest BCUT2D eigenvalue weighted by Gasteiger charge is -2.36. The molecular weight excluding hydrogens is 224 g/mol. The van der Waals surface area contributed by atoms with Crippen LogP contribution in [0.5, 0.6) is 0 Å². The molecule has 1 aliphatic rings. The molecule has 3 heteroatoms. The molecule has 100 valence electrons. The molecule has 0 spiro atoms. The van der Waals surface area contributed by atoms with Crippen molar-refractivity contribution in [2.45, 2.75) is 51.3 Å². The van der Waals surface area contributed by atoms with E-state index >= 15 is 0 Å². The first kappa shape index (κ1) is 13.4. The molecule has 0 heterocycles. The number of rotatable bonds is 3. The van der Waals surface area contributed by atoms with Crippen molar-refractivity contribution in [3.8, 4) is 0 Å². The lowest BCUT2D eigenvalue weighted by atomic mass is 9.91. The minimum absolute atomic E-state index is 0.196. The number of aliphatic hydroxyl groups excluding tert-OH is 1. The van der Waals surface area contributed by atoms with Crippen LogP contribution in [-0.2, 0) is 6.54 Å². The van der Waals surface area contributed by atoms with Crippen LogP contribution in [0.25, 0.3) is 0 Å². The molecule has 0 saturated heterocycles. The van der Waals surface area contributed by atoms with Crippen molar-refractivity contribution in [3.05, 3.63) is 29.3 Å². The number of anilines is 1. The smallest absolute Gasteiger partial charge is 0.0743 e. The molecule has 2 unspecified atom stereocenters. The summed E-state index contributed by atoms with van der Waals surface area (Å²) in [6.45, 7) is 2.68. The van der Waals surface area contributed by atoms with Crippen LogP contribution in [0.4, 0.5) is 5.69 Å². The van der Waals surface area contributed by atoms with Gasteiger partial charge in [0.1, 0.15) is 0 Å². The highest BCUT2D eigenvalue weighted by atomic mass is 16.3. The molecule has 3 nitrogen and oxygen atoms in total. The van der Waals surface area contributed by atoms with Gasteiger partial charge in [0.15, 0.2) is 0 Å². The van der Waals surface area contributed by atoms with Crippen molar-refractivity contribution in [3.63, 3.8) is 0 Å². The maximum Gasteiger partial charge on any atom is 0.0743 e. The Bertz CT molecular complexity index is 405. The Hall–Kier alpha value is -1.06. The van der Waals surface area contributed by atoms with Crippen LogP contribution in [-0.4, -0.2) is 24.3 Å². The van der Waals surface area contributed by atoms with E-state index in [4.69, 9.17) is 5.73 Å². The van der Waals surface area contributed by atoms with Crippen molar-refractivity contribution < 1.29 is 5.11 Å². The predicted octanol–water partition coefficient (Wildman–Crippen LogP) is 2.19. The third kappa shape index (κ3) is 2.68. The van der Waals surface area contributed by atoms with Gasteiger partial charge in [-0.15, -0.1) is 0 Å². The first-order valence-electron chi connectivity index (χ1n) is 6.84. The van der Waals surface area contributed by atoms with Crippen LogP contribution in [0.3, 0.4) is 0 Å². The molecule has 2 rings (SSSR count). The van der Waals surface area contributed by atoms with E-state index in [0.29, 0.717) is 6.54 Å². The van der Waals surface area contributed by atoms with Crippen LogP contribution in [0.2, 0.25) is 0 Å². The third-order valence-electron chi connectivity index (χ3n) is 4.14. The minimum atomic E-state index is -0.196. The summed E-state index contributed by atoms with van der Waals surface area (Å²) in [5.74, 6) is 0. The average molecular weight is 248 g/mol. The van der Waals surface area contributed by atoms with Crippen LogP contribution < -0.4 is 10.6 Å². The van der Waals surface area contributed by atoms with Gasteiger partial charge in [-0.3, -0.25) is 0 Å². The summed E-state index contributed by atoms with van der Waals surface area (Å²) in [7, 11) is 2.08. The molecule has 0 aromatic heterocycles. The van der Waals surface area contributed by atoms with Crippen molar-refractivity contribution in [2.24, 2.45) is 5.73 Å². The fraction of sp³-hybridized carbons (Fsp3) is 0.600. The number of likely N-dealkylation sites (N-methyl/N-ethyl adjacent to an activating group) is 1. The normalized spacial score (nSPS) is 24.0. The average Bonchev–Trinajstić information content (AvgIpc) is 2.38. The maximum absolute atomic E-state index is 10.1. The summed E-state index contributed by atoms with van der Waals surface area (Å²) in [4.78, 5) is 2.22. The van der Waals surface area contributed by atoms with Gasteiger partial charge < -0.3 is 15.7 Å². The molecule has 1 aliphatic carbocycles. The Morgan fingerprint density at radius 3 is 2.67 bits per heavy atom. The van der Waals surface area contributed by atoms with Gasteiger partial charge in [-0.05, 0) is 43.0 Å². The van der Waals surface area contributed by atoms with Gasteiger partial charge >= 0.3 is 0 Å². The summed E-state index contributed by atoms with van der Waals surface area (Å²) >= 11 is 0. The maximum atomic E-state index is 10.1. The Morgan fingerprint density at radius 2 is 2.06 bits per heavy atom. The number of aryl methyl sites for hydroxylation is 1. The molecule has 0 radical (unpaired) electrons. The van der Waals surface area contributed by atoms with E-state index < -0.39 is 0 Å². The highest BCUT2D eigenvalue weighted by Gasteiger charge is 2.26. The molecule has 0 bridgehead atoms. The van der Waals surface area contributed by atoms with Gasteiger partial charge in [0, 0.05) is 19.3 Å². The summed E-state index contributed by atoms with van der Waals surface area (Å²) in [5, 5.41) is 10.1. The SMILES string of the molecule is Cc1cc(N(C)C2CCCCC2O)ccc1CN. The highest BCUT2D eigenvalue weighted by molar-refractivity contribution is 5.51. The predicted molar refractivity (Wildman–Crippen MR) is 75.7 cm³/mol. The zero-order valence-electron chi connectivity index (χ0n) is 11.4. The van der Waals surface area contributed by atoms with E-state index in [1.807, 2.05) is 0 Å². The van der Waals surface area contributed by atoms with Crippen LogP contribution >= 0.6 is 0 Å². The molecule has 1 aromatic rings. The van der Waals surface area contributed by atoms with E-state index in [-0.39, 0.29) is 12.1 Å². The second-order valence-electron chi connectivity index (χ2n) is 5.34. The topological polar surface area (TPSA) is 49.5 Å². The molecule has 1 fully saturated rings. The number of nitrogens with zero attached hydrogens (tertiary/aromatic N) is 1. The Kier molecular flexibility index (Phi) is 4.25. The van der Waals surface area contributed by atoms with Gasteiger partial charge in [0.05, 0.1) is 12.1 Å². The minimum Gasteiger partial charge on any atom is -0.391 e. The number of hydrogen-bond donors (Lipinski definition) is 2. The standard InChI is InChI=1S/C15H24N2O/c1-11-9-13(8-7-12(11)10-16)17(2)14-5-3-4-6-15(14)18/h7-9,14-15,18H,3-6,10,16H2,1-2H3. The largest absolute Gasteiger partial charge is 0.391 e. The van der Waals surface area contributed by atoms with Crippen molar-refractivity contribution in [2.75, 3.05) is 11.9 Å². The first-order chi connectivity index (χ1) is 8.63. The zero-order valence-corrected chi connectivity index (χ0v) is 11.4. The fourth-order valence-corrected chi connectivity index (χ4v) is 2.86. The Labute approximate surface area is 110 Å². The summed E-state index contributed by atoms with van der Waals surface area (Å²) in [5.41, 5.74) is 9.28. The molecule has 18 heavy (non-hydrogen) atoms. The number of hydrogen-bond acceptors (Lipinski definition) is 3. The molecule has 3 N–H and O–H groups in total. The van der Waals surface area contributed by atoms with Gasteiger partial charge in [-0.2, -0.15) is 0 Å². The number of nitrogens with two attached hydrogens (primary N) is 1. The fourth-order valence-electron chi connectivity index (χ4n) is 2.86. The van der Waals surface area contributed by atoms with E-state index in [1.165, 1.54) is 23.2 Å². The molecule has 0 amide bonds. The van der Waals surface area contributed by atoms with Crippen molar-refractivity contribution >= 4 is 5.69 Å². The first-order valence-corrected chi connectivity index (χ1v) is 6.84. The summed E-state index contributed by atoms with van der Waals surface area (Å²) in [6, 6.07) is 6.62. The Morgan fingerprint density at radius 1 is 1.33 bits per heavy atom. The molecule has 2 atom stereocenters. The summed E-state index contributed by atoms with van der Waals surface area (Å²) < 4.78 is 0. The molecular formula is C15H24N2O. The Balaban J connectivity index is 2.17. The van der Waals surface area contributed by atoms with Gasteiger partial charge in [-0.1, -0.05) is 18.9 Å². The van der Waals surface area contributed by atoms with Gasteiger partial charge in [0.2, 0.25) is 0 Å².